The molecule has 0 N–H and O–H groups in total. The van der Waals surface area contributed by atoms with Gasteiger partial charge < -0.3 is 14.5 Å². The average Bonchev–Trinajstić information content (AvgIpc) is 3.26. The van der Waals surface area contributed by atoms with Gasteiger partial charge in [-0.25, -0.2) is 18.7 Å². The zero-order valence-electron chi connectivity index (χ0n) is 16.8. The highest BCUT2D eigenvalue weighted by molar-refractivity contribution is 7.09. The number of anilines is 2. The molecule has 8 nitrogen and oxygen atoms in total. The van der Waals surface area contributed by atoms with Crippen LogP contribution in [0.3, 0.4) is 0 Å². The predicted octanol–water partition coefficient (Wildman–Crippen LogP) is 2.90. The van der Waals surface area contributed by atoms with Gasteiger partial charge in [0.15, 0.2) is 11.6 Å². The maximum Gasteiger partial charge on any atom is 0.255 e. The van der Waals surface area contributed by atoms with Crippen LogP contribution in [-0.2, 0) is 9.53 Å². The van der Waals surface area contributed by atoms with E-state index in [9.17, 15) is 13.6 Å². The summed E-state index contributed by atoms with van der Waals surface area (Å²) >= 11 is 1.03. The Kier molecular flexibility index (Phi) is 4.67. The Hall–Kier alpha value is -3.05. The lowest BCUT2D eigenvalue weighted by atomic mass is 9.89. The standard InChI is InChI=1S/C20H18F2N6O2S/c1-3-20-10-30-7-6-28(20)18-14(27(2)19(20)29)9-23-17(24-18)16-15(25-26-31-16)12-5-4-11(21)8-13(12)22/h4-5,8-9H,3,6-7,10H2,1-2H3/t20-/m0/s1. The van der Waals surface area contributed by atoms with Gasteiger partial charge in [-0.1, -0.05) is 11.4 Å². The van der Waals surface area contributed by atoms with Crippen molar-refractivity contribution >= 4 is 28.9 Å². The summed E-state index contributed by atoms with van der Waals surface area (Å²) in [4.78, 5) is 26.3. The van der Waals surface area contributed by atoms with E-state index in [0.717, 1.165) is 17.6 Å². The number of carbonyl (C=O) groups is 1. The Morgan fingerprint density at radius 1 is 1.32 bits per heavy atom. The van der Waals surface area contributed by atoms with E-state index < -0.39 is 17.2 Å². The number of nitrogens with zero attached hydrogens (tertiary/aromatic N) is 6. The number of halogens is 2. The Morgan fingerprint density at radius 3 is 2.94 bits per heavy atom. The second-order valence-corrected chi connectivity index (χ2v) is 8.18. The zero-order valence-corrected chi connectivity index (χ0v) is 17.6. The van der Waals surface area contributed by atoms with Crippen LogP contribution in [0, 0.1) is 11.6 Å². The van der Waals surface area contributed by atoms with E-state index in [2.05, 4.69) is 14.6 Å². The lowest BCUT2D eigenvalue weighted by Crippen LogP contribution is -2.68. The molecule has 5 rings (SSSR count). The van der Waals surface area contributed by atoms with E-state index in [1.807, 2.05) is 11.8 Å². The summed E-state index contributed by atoms with van der Waals surface area (Å²) in [6, 6.07) is 3.29. The molecule has 2 aliphatic heterocycles. The second-order valence-electron chi connectivity index (χ2n) is 7.43. The Morgan fingerprint density at radius 2 is 2.16 bits per heavy atom. The van der Waals surface area contributed by atoms with Crippen LogP contribution >= 0.6 is 11.5 Å². The Labute approximate surface area is 180 Å². The number of benzene rings is 1. The van der Waals surface area contributed by atoms with Gasteiger partial charge in [0.2, 0.25) is 0 Å². The summed E-state index contributed by atoms with van der Waals surface area (Å²) in [5, 5.41) is 4.03. The zero-order chi connectivity index (χ0) is 21.8. The molecule has 3 aromatic rings. The van der Waals surface area contributed by atoms with Gasteiger partial charge in [0.1, 0.15) is 33.4 Å². The molecule has 1 atom stereocenters. The molecular weight excluding hydrogens is 426 g/mol. The van der Waals surface area contributed by atoms with Crippen molar-refractivity contribution in [2.75, 3.05) is 36.6 Å². The third kappa shape index (κ3) is 2.91. The molecule has 0 bridgehead atoms. The molecule has 1 fully saturated rings. The highest BCUT2D eigenvalue weighted by Gasteiger charge is 2.52. The first-order valence-electron chi connectivity index (χ1n) is 9.75. The fourth-order valence-corrected chi connectivity index (χ4v) is 4.77. The third-order valence-electron chi connectivity index (χ3n) is 5.85. The van der Waals surface area contributed by atoms with Crippen molar-refractivity contribution in [2.24, 2.45) is 0 Å². The number of aromatic nitrogens is 4. The molecule has 0 saturated carbocycles. The van der Waals surface area contributed by atoms with E-state index in [4.69, 9.17) is 9.72 Å². The van der Waals surface area contributed by atoms with Gasteiger partial charge in [-0.15, -0.1) is 5.10 Å². The van der Waals surface area contributed by atoms with Crippen molar-refractivity contribution in [1.29, 1.82) is 0 Å². The number of hydrogen-bond acceptors (Lipinski definition) is 8. The van der Waals surface area contributed by atoms with Crippen LogP contribution in [-0.4, -0.2) is 57.8 Å². The number of likely N-dealkylation sites (N-methyl/N-ethyl adjacent to an activating group) is 1. The van der Waals surface area contributed by atoms with Crippen LogP contribution in [0.5, 0.6) is 0 Å². The number of morpholine rings is 1. The number of carbonyl (C=O) groups excluding carboxylic acids is 1. The molecular formula is C20H18F2N6O2S. The molecule has 1 saturated heterocycles. The monoisotopic (exact) mass is 444 g/mol. The van der Waals surface area contributed by atoms with Crippen molar-refractivity contribution in [1.82, 2.24) is 19.6 Å². The lowest BCUT2D eigenvalue weighted by molar-refractivity contribution is -0.128. The molecule has 0 radical (unpaired) electrons. The first-order chi connectivity index (χ1) is 15.0. The summed E-state index contributed by atoms with van der Waals surface area (Å²) in [5.74, 6) is -0.558. The van der Waals surface area contributed by atoms with Crippen molar-refractivity contribution in [3.63, 3.8) is 0 Å². The highest BCUT2D eigenvalue weighted by atomic mass is 32.1. The van der Waals surface area contributed by atoms with Gasteiger partial charge in [-0.3, -0.25) is 4.79 Å². The SMILES string of the molecule is CC[C@@]12COCCN1c1nc(-c3snnc3-c3ccc(F)cc3F)ncc1N(C)C2=O. The second kappa shape index (κ2) is 7.27. The predicted molar refractivity (Wildman–Crippen MR) is 111 cm³/mol. The minimum Gasteiger partial charge on any atom is -0.377 e. The Bertz CT molecular complexity index is 1190. The molecule has 160 valence electrons. The van der Waals surface area contributed by atoms with E-state index in [-0.39, 0.29) is 23.8 Å². The maximum atomic E-state index is 14.4. The van der Waals surface area contributed by atoms with E-state index >= 15 is 0 Å². The van der Waals surface area contributed by atoms with Crippen LogP contribution in [0.25, 0.3) is 22.0 Å². The number of amides is 1. The molecule has 2 aliphatic rings. The van der Waals surface area contributed by atoms with Gasteiger partial charge in [-0.05, 0) is 30.1 Å². The van der Waals surface area contributed by atoms with Gasteiger partial charge in [0.05, 0.1) is 19.4 Å². The van der Waals surface area contributed by atoms with Crippen LogP contribution in [0.2, 0.25) is 0 Å². The van der Waals surface area contributed by atoms with Gasteiger partial charge in [0, 0.05) is 25.2 Å². The number of fused-ring (bicyclic) bond motifs is 3. The van der Waals surface area contributed by atoms with E-state index in [1.54, 1.807) is 18.1 Å². The number of ether oxygens (including phenoxy) is 1. The molecule has 0 unspecified atom stereocenters. The number of rotatable bonds is 3. The average molecular weight is 444 g/mol. The maximum absolute atomic E-state index is 14.4. The summed E-state index contributed by atoms with van der Waals surface area (Å²) in [5.41, 5.74) is 0.120. The fraction of sp³-hybridized carbons (Fsp3) is 0.350. The minimum atomic E-state index is -0.830. The van der Waals surface area contributed by atoms with Crippen molar-refractivity contribution < 1.29 is 18.3 Å². The Balaban J connectivity index is 1.64. The lowest BCUT2D eigenvalue weighted by Gasteiger charge is -2.51. The molecule has 31 heavy (non-hydrogen) atoms. The molecule has 0 aliphatic carbocycles. The quantitative estimate of drug-likeness (QED) is 0.614. The number of hydrogen-bond donors (Lipinski definition) is 0. The molecule has 1 amide bonds. The summed E-state index contributed by atoms with van der Waals surface area (Å²) in [6.45, 7) is 3.21. The highest BCUT2D eigenvalue weighted by Crippen LogP contribution is 2.43. The molecule has 4 heterocycles. The third-order valence-corrected chi connectivity index (χ3v) is 6.57. The first-order valence-corrected chi connectivity index (χ1v) is 10.5. The largest absolute Gasteiger partial charge is 0.377 e. The normalized spacial score (nSPS) is 20.6. The van der Waals surface area contributed by atoms with Crippen molar-refractivity contribution in [3.8, 4) is 22.0 Å². The molecule has 0 spiro atoms. The summed E-state index contributed by atoms with van der Waals surface area (Å²) in [7, 11) is 1.70. The smallest absolute Gasteiger partial charge is 0.255 e. The van der Waals surface area contributed by atoms with Crippen molar-refractivity contribution in [3.05, 3.63) is 36.0 Å². The van der Waals surface area contributed by atoms with E-state index in [0.29, 0.717) is 41.8 Å². The van der Waals surface area contributed by atoms with Gasteiger partial charge in [0.25, 0.3) is 5.91 Å². The fourth-order valence-electron chi connectivity index (χ4n) is 4.15. The summed E-state index contributed by atoms with van der Waals surface area (Å²) in [6.07, 6.45) is 2.14. The first kappa shape index (κ1) is 19.9. The molecule has 1 aromatic carbocycles. The molecule has 2 aromatic heterocycles. The van der Waals surface area contributed by atoms with Crippen LogP contribution in [0.1, 0.15) is 13.3 Å². The van der Waals surface area contributed by atoms with Crippen LogP contribution in [0.15, 0.2) is 24.4 Å². The summed E-state index contributed by atoms with van der Waals surface area (Å²) < 4.78 is 37.3. The van der Waals surface area contributed by atoms with E-state index in [1.165, 1.54) is 12.1 Å². The van der Waals surface area contributed by atoms with Crippen molar-refractivity contribution in [2.45, 2.75) is 18.9 Å². The topological polar surface area (TPSA) is 84.3 Å². The minimum absolute atomic E-state index is 0.0629. The van der Waals surface area contributed by atoms with Crippen LogP contribution in [0.4, 0.5) is 20.3 Å². The van der Waals surface area contributed by atoms with Crippen LogP contribution < -0.4 is 9.80 Å². The van der Waals surface area contributed by atoms with Gasteiger partial charge >= 0.3 is 0 Å². The molecule has 11 heteroatoms. The van der Waals surface area contributed by atoms with Gasteiger partial charge in [-0.2, -0.15) is 0 Å².